The second kappa shape index (κ2) is 6.21. The number of hydrogen-bond donors (Lipinski definition) is 2. The van der Waals surface area contributed by atoms with Crippen LogP contribution in [-0.2, 0) is 16.6 Å². The highest BCUT2D eigenvalue weighted by Gasteiger charge is 2.15. The van der Waals surface area contributed by atoms with Gasteiger partial charge in [0.25, 0.3) is 0 Å². The van der Waals surface area contributed by atoms with Crippen LogP contribution in [0.3, 0.4) is 0 Å². The van der Waals surface area contributed by atoms with E-state index in [0.717, 1.165) is 0 Å². The number of nitrogens with one attached hydrogen (secondary N) is 1. The Morgan fingerprint density at radius 2 is 2.25 bits per heavy atom. The summed E-state index contributed by atoms with van der Waals surface area (Å²) in [6.07, 6.45) is 6.99. The zero-order valence-electron chi connectivity index (χ0n) is 10.5. The number of nitrogens with zero attached hydrogens (tertiary/aromatic N) is 3. The number of nitrogens with two attached hydrogens (primary N) is 1. The summed E-state index contributed by atoms with van der Waals surface area (Å²) >= 11 is 5.76. The summed E-state index contributed by atoms with van der Waals surface area (Å²) in [5, 5.41) is 0.117. The number of pyridine rings is 1. The molecule has 0 aliphatic heterocycles. The molecule has 3 N–H and O–H groups in total. The minimum Gasteiger partial charge on any atom is -0.382 e. The average Bonchev–Trinajstić information content (AvgIpc) is 2.91. The third-order valence-electron chi connectivity index (χ3n) is 2.60. The van der Waals surface area contributed by atoms with Crippen LogP contribution in [-0.4, -0.2) is 29.5 Å². The van der Waals surface area contributed by atoms with E-state index in [2.05, 4.69) is 14.7 Å². The zero-order chi connectivity index (χ0) is 14.6. The van der Waals surface area contributed by atoms with Crippen LogP contribution in [0.1, 0.15) is 6.42 Å². The Morgan fingerprint density at radius 3 is 2.90 bits per heavy atom. The standard InChI is InChI=1S/C11H14ClN5O2S/c12-10-6-9(7-15-11(10)13)20(18,19)16-2-1-4-17-5-3-14-8-17/h3,5-8,16H,1-2,4H2,(H2,13,15). The van der Waals surface area contributed by atoms with Gasteiger partial charge in [-0.3, -0.25) is 0 Å². The molecule has 2 rings (SSSR count). The molecule has 0 aromatic carbocycles. The molecular weight excluding hydrogens is 302 g/mol. The third-order valence-corrected chi connectivity index (χ3v) is 4.33. The smallest absolute Gasteiger partial charge is 0.242 e. The van der Waals surface area contributed by atoms with E-state index in [-0.39, 0.29) is 15.7 Å². The zero-order valence-corrected chi connectivity index (χ0v) is 12.1. The number of aryl methyl sites for hydroxylation is 1. The van der Waals surface area contributed by atoms with E-state index in [1.165, 1.54) is 12.3 Å². The van der Waals surface area contributed by atoms with Gasteiger partial charge in [0.15, 0.2) is 0 Å². The van der Waals surface area contributed by atoms with E-state index in [0.29, 0.717) is 19.5 Å². The van der Waals surface area contributed by atoms with Gasteiger partial charge < -0.3 is 10.3 Å². The molecular formula is C11H14ClN5O2S. The van der Waals surface area contributed by atoms with E-state index < -0.39 is 10.0 Å². The Balaban J connectivity index is 1.92. The number of imidazole rings is 1. The van der Waals surface area contributed by atoms with Crippen molar-refractivity contribution >= 4 is 27.4 Å². The molecule has 20 heavy (non-hydrogen) atoms. The van der Waals surface area contributed by atoms with Crippen LogP contribution < -0.4 is 10.5 Å². The topological polar surface area (TPSA) is 103 Å². The van der Waals surface area contributed by atoms with Crippen molar-refractivity contribution in [2.75, 3.05) is 12.3 Å². The minimum atomic E-state index is -3.62. The molecule has 0 atom stereocenters. The maximum absolute atomic E-state index is 12.0. The van der Waals surface area contributed by atoms with Crippen LogP contribution in [0.5, 0.6) is 0 Å². The van der Waals surface area contributed by atoms with Gasteiger partial charge in [-0.15, -0.1) is 0 Å². The lowest BCUT2D eigenvalue weighted by Crippen LogP contribution is -2.25. The number of aromatic nitrogens is 3. The number of rotatable bonds is 6. The molecule has 0 fully saturated rings. The van der Waals surface area contributed by atoms with Gasteiger partial charge in [0.1, 0.15) is 10.7 Å². The van der Waals surface area contributed by atoms with Crippen molar-refractivity contribution in [3.05, 3.63) is 36.0 Å². The van der Waals surface area contributed by atoms with E-state index in [1.807, 2.05) is 10.8 Å². The maximum Gasteiger partial charge on any atom is 0.242 e. The number of sulfonamides is 1. The van der Waals surface area contributed by atoms with Gasteiger partial charge in [-0.25, -0.2) is 23.1 Å². The van der Waals surface area contributed by atoms with Gasteiger partial charge in [0.2, 0.25) is 10.0 Å². The second-order valence-electron chi connectivity index (χ2n) is 4.09. The van der Waals surface area contributed by atoms with Crippen LogP contribution in [0, 0.1) is 0 Å². The van der Waals surface area contributed by atoms with Crippen LogP contribution in [0.2, 0.25) is 5.02 Å². The molecule has 0 bridgehead atoms. The lowest BCUT2D eigenvalue weighted by Gasteiger charge is -2.07. The summed E-state index contributed by atoms with van der Waals surface area (Å²) in [5.74, 6) is 0.103. The fraction of sp³-hybridized carbons (Fsp3) is 0.273. The molecule has 2 aromatic rings. The number of anilines is 1. The minimum absolute atomic E-state index is 0.000620. The first kappa shape index (κ1) is 14.8. The van der Waals surface area contributed by atoms with Crippen molar-refractivity contribution in [1.29, 1.82) is 0 Å². The molecule has 108 valence electrons. The van der Waals surface area contributed by atoms with Crippen LogP contribution in [0.15, 0.2) is 35.9 Å². The van der Waals surface area contributed by atoms with Gasteiger partial charge >= 0.3 is 0 Å². The van der Waals surface area contributed by atoms with E-state index in [9.17, 15) is 8.42 Å². The second-order valence-corrected chi connectivity index (χ2v) is 6.26. The Morgan fingerprint density at radius 1 is 1.45 bits per heavy atom. The molecule has 9 heteroatoms. The summed E-state index contributed by atoms with van der Waals surface area (Å²) in [5.41, 5.74) is 5.44. The van der Waals surface area contributed by atoms with Crippen molar-refractivity contribution < 1.29 is 8.42 Å². The van der Waals surface area contributed by atoms with E-state index in [1.54, 1.807) is 12.5 Å². The van der Waals surface area contributed by atoms with Gasteiger partial charge in [0, 0.05) is 31.7 Å². The van der Waals surface area contributed by atoms with Gasteiger partial charge in [-0.05, 0) is 12.5 Å². The predicted molar refractivity (Wildman–Crippen MR) is 75.7 cm³/mol. The molecule has 0 aliphatic rings. The molecule has 0 aliphatic carbocycles. The summed E-state index contributed by atoms with van der Waals surface area (Å²) in [4.78, 5) is 7.63. The molecule has 2 aromatic heterocycles. The first-order chi connectivity index (χ1) is 9.49. The lowest BCUT2D eigenvalue weighted by molar-refractivity contribution is 0.569. The van der Waals surface area contributed by atoms with Gasteiger partial charge in [-0.2, -0.15) is 0 Å². The highest BCUT2D eigenvalue weighted by molar-refractivity contribution is 7.89. The molecule has 0 spiro atoms. The van der Waals surface area contributed by atoms with Crippen LogP contribution in [0.4, 0.5) is 5.82 Å². The van der Waals surface area contributed by atoms with Crippen LogP contribution >= 0.6 is 11.6 Å². The maximum atomic E-state index is 12.0. The fourth-order valence-corrected chi connectivity index (χ4v) is 2.82. The van der Waals surface area contributed by atoms with E-state index >= 15 is 0 Å². The molecule has 7 nitrogen and oxygen atoms in total. The Bertz CT molecular complexity index is 672. The molecule has 0 radical (unpaired) electrons. The fourth-order valence-electron chi connectivity index (χ4n) is 1.55. The Kier molecular flexibility index (Phi) is 4.58. The van der Waals surface area contributed by atoms with Crippen molar-refractivity contribution in [3.63, 3.8) is 0 Å². The number of hydrogen-bond acceptors (Lipinski definition) is 5. The summed E-state index contributed by atoms with van der Waals surface area (Å²) < 4.78 is 28.3. The van der Waals surface area contributed by atoms with Crippen molar-refractivity contribution in [2.24, 2.45) is 0 Å². The normalized spacial score (nSPS) is 11.7. The predicted octanol–water partition coefficient (Wildman–Crippen LogP) is 0.882. The molecule has 2 heterocycles. The van der Waals surface area contributed by atoms with E-state index in [4.69, 9.17) is 17.3 Å². The highest BCUT2D eigenvalue weighted by Crippen LogP contribution is 2.19. The molecule has 0 saturated heterocycles. The molecule has 0 amide bonds. The van der Waals surface area contributed by atoms with Gasteiger partial charge in [-0.1, -0.05) is 11.6 Å². The van der Waals surface area contributed by atoms with Crippen molar-refractivity contribution in [3.8, 4) is 0 Å². The van der Waals surface area contributed by atoms with Gasteiger partial charge in [0.05, 0.1) is 11.3 Å². The largest absolute Gasteiger partial charge is 0.382 e. The van der Waals surface area contributed by atoms with Crippen molar-refractivity contribution in [2.45, 2.75) is 17.9 Å². The first-order valence-corrected chi connectivity index (χ1v) is 7.71. The summed E-state index contributed by atoms with van der Waals surface area (Å²) in [6.45, 7) is 0.992. The quantitative estimate of drug-likeness (QED) is 0.770. The Labute approximate surface area is 121 Å². The average molecular weight is 316 g/mol. The summed E-state index contributed by atoms with van der Waals surface area (Å²) in [6, 6.07) is 1.28. The number of halogens is 1. The SMILES string of the molecule is Nc1ncc(S(=O)(=O)NCCCn2ccnc2)cc1Cl. The number of nitrogen functional groups attached to an aromatic ring is 1. The highest BCUT2D eigenvalue weighted by atomic mass is 35.5. The van der Waals surface area contributed by atoms with Crippen LogP contribution in [0.25, 0.3) is 0 Å². The lowest BCUT2D eigenvalue weighted by atomic mass is 10.4. The third kappa shape index (κ3) is 3.69. The summed E-state index contributed by atoms with van der Waals surface area (Å²) in [7, 11) is -3.62. The monoisotopic (exact) mass is 315 g/mol. The Hall–Kier alpha value is -1.64. The van der Waals surface area contributed by atoms with Crippen molar-refractivity contribution in [1.82, 2.24) is 19.3 Å². The molecule has 0 unspecified atom stereocenters. The first-order valence-electron chi connectivity index (χ1n) is 5.85. The molecule has 0 saturated carbocycles.